The minimum absolute atomic E-state index is 0.0687. The average molecular weight is 452 g/mol. The van der Waals surface area contributed by atoms with E-state index in [4.69, 9.17) is 23.7 Å². The zero-order chi connectivity index (χ0) is 21.9. The van der Waals surface area contributed by atoms with Gasteiger partial charge in [0, 0.05) is 25.8 Å². The van der Waals surface area contributed by atoms with Crippen molar-refractivity contribution in [3.05, 3.63) is 58.7 Å². The van der Waals surface area contributed by atoms with Crippen molar-refractivity contribution >= 4 is 22.7 Å². The molecule has 0 radical (unpaired) electrons. The first kappa shape index (κ1) is 20.5. The van der Waals surface area contributed by atoms with E-state index in [-0.39, 0.29) is 12.4 Å². The smallest absolute Gasteiger partial charge is 0.262 e. The van der Waals surface area contributed by atoms with Gasteiger partial charge in [-0.2, -0.15) is 4.98 Å². The molecule has 0 saturated carbocycles. The van der Waals surface area contributed by atoms with Crippen LogP contribution in [0.3, 0.4) is 0 Å². The summed E-state index contributed by atoms with van der Waals surface area (Å²) in [5.74, 6) is 2.63. The molecule has 5 rings (SSSR count). The van der Waals surface area contributed by atoms with Crippen LogP contribution < -0.4 is 15.0 Å². The second-order valence-electron chi connectivity index (χ2n) is 7.08. The molecule has 0 amide bonds. The van der Waals surface area contributed by atoms with Crippen molar-refractivity contribution in [3.63, 3.8) is 0 Å². The Labute approximate surface area is 187 Å². The summed E-state index contributed by atoms with van der Waals surface area (Å²) in [4.78, 5) is 22.2. The van der Waals surface area contributed by atoms with Crippen LogP contribution in [0.5, 0.6) is 11.5 Å². The lowest BCUT2D eigenvalue weighted by Gasteiger charge is -2.12. The fourth-order valence-electron chi connectivity index (χ4n) is 3.41. The molecule has 164 valence electrons. The van der Waals surface area contributed by atoms with E-state index in [1.165, 1.54) is 11.8 Å². The van der Waals surface area contributed by atoms with Crippen molar-refractivity contribution in [2.45, 2.75) is 23.9 Å². The van der Waals surface area contributed by atoms with E-state index >= 15 is 0 Å². The van der Waals surface area contributed by atoms with E-state index in [0.29, 0.717) is 64.6 Å². The molecule has 3 heterocycles. The van der Waals surface area contributed by atoms with Gasteiger partial charge >= 0.3 is 0 Å². The number of fused-ring (bicyclic) bond motifs is 2. The molecule has 32 heavy (non-hydrogen) atoms. The maximum absolute atomic E-state index is 13.0. The van der Waals surface area contributed by atoms with Gasteiger partial charge in [0.15, 0.2) is 16.7 Å². The molecule has 0 spiro atoms. The van der Waals surface area contributed by atoms with Crippen LogP contribution in [0.15, 0.2) is 56.9 Å². The molecule has 4 aromatic rings. The summed E-state index contributed by atoms with van der Waals surface area (Å²) in [5, 5.41) is 5.27. The summed E-state index contributed by atoms with van der Waals surface area (Å²) in [6.07, 6.45) is 0.707. The molecule has 9 nitrogen and oxygen atoms in total. The van der Waals surface area contributed by atoms with Crippen molar-refractivity contribution in [2.75, 3.05) is 20.5 Å². The van der Waals surface area contributed by atoms with Gasteiger partial charge in [0.2, 0.25) is 18.5 Å². The predicted molar refractivity (Wildman–Crippen MR) is 118 cm³/mol. The number of methoxy groups -OCH3 is 1. The third-order valence-corrected chi connectivity index (χ3v) is 5.94. The molecule has 2 aromatic carbocycles. The Morgan fingerprint density at radius 3 is 2.91 bits per heavy atom. The van der Waals surface area contributed by atoms with Gasteiger partial charge in [-0.1, -0.05) is 29.1 Å². The van der Waals surface area contributed by atoms with Crippen LogP contribution in [0.1, 0.15) is 12.3 Å². The Balaban J connectivity index is 1.38. The van der Waals surface area contributed by atoms with Crippen molar-refractivity contribution in [3.8, 4) is 22.9 Å². The number of rotatable bonds is 8. The van der Waals surface area contributed by atoms with Crippen molar-refractivity contribution in [1.82, 2.24) is 19.7 Å². The zero-order valence-electron chi connectivity index (χ0n) is 17.3. The maximum Gasteiger partial charge on any atom is 0.262 e. The third-order valence-electron chi connectivity index (χ3n) is 4.98. The van der Waals surface area contributed by atoms with E-state index in [1.54, 1.807) is 17.7 Å². The molecule has 0 atom stereocenters. The van der Waals surface area contributed by atoms with Crippen LogP contribution in [-0.2, 0) is 17.0 Å². The predicted octanol–water partition coefficient (Wildman–Crippen LogP) is 3.50. The molecule has 0 N–H and O–H groups in total. The number of nitrogens with zero attached hydrogens (tertiary/aromatic N) is 4. The number of thioether (sulfide) groups is 1. The first-order valence-electron chi connectivity index (χ1n) is 10.1. The normalized spacial score (nSPS) is 12.5. The third kappa shape index (κ3) is 4.06. The first-order valence-corrected chi connectivity index (χ1v) is 11.1. The van der Waals surface area contributed by atoms with Gasteiger partial charge in [-0.25, -0.2) is 4.98 Å². The lowest BCUT2D eigenvalue weighted by molar-refractivity contribution is 0.174. The number of benzene rings is 2. The lowest BCUT2D eigenvalue weighted by atomic mass is 10.2. The largest absolute Gasteiger partial charge is 0.454 e. The molecule has 0 saturated heterocycles. The molecule has 0 fully saturated rings. The second-order valence-corrected chi connectivity index (χ2v) is 8.03. The molecule has 0 aliphatic carbocycles. The van der Waals surface area contributed by atoms with Gasteiger partial charge in [-0.3, -0.25) is 9.36 Å². The van der Waals surface area contributed by atoms with Crippen LogP contribution in [-0.4, -0.2) is 40.2 Å². The first-order chi connectivity index (χ1) is 15.7. The Hall–Kier alpha value is -3.37. The fraction of sp³-hybridized carbons (Fsp3) is 0.273. The molecular weight excluding hydrogens is 432 g/mol. The van der Waals surface area contributed by atoms with Crippen molar-refractivity contribution in [2.24, 2.45) is 0 Å². The molecule has 0 bridgehead atoms. The zero-order valence-corrected chi connectivity index (χ0v) is 18.1. The van der Waals surface area contributed by atoms with Crippen LogP contribution in [0, 0.1) is 0 Å². The van der Waals surface area contributed by atoms with Crippen LogP contribution in [0.2, 0.25) is 0 Å². The standard InChI is InChI=1S/C22H20N4O5S/c1-28-10-4-9-26-21(27)15-5-2-3-6-16(15)23-22(26)32-12-19-24-20(25-31-19)14-7-8-17-18(11-14)30-13-29-17/h2-3,5-8,11H,4,9-10,12-13H2,1H3. The molecule has 1 aliphatic rings. The highest BCUT2D eigenvalue weighted by atomic mass is 32.2. The van der Waals surface area contributed by atoms with E-state index in [9.17, 15) is 4.79 Å². The molecule has 10 heteroatoms. The number of aromatic nitrogens is 4. The number of ether oxygens (including phenoxy) is 3. The summed E-state index contributed by atoms with van der Waals surface area (Å²) < 4.78 is 23.0. The van der Waals surface area contributed by atoms with Gasteiger partial charge in [0.05, 0.1) is 16.7 Å². The number of hydrogen-bond donors (Lipinski definition) is 0. The van der Waals surface area contributed by atoms with Gasteiger partial charge in [-0.15, -0.1) is 0 Å². The Morgan fingerprint density at radius 1 is 1.12 bits per heavy atom. The summed E-state index contributed by atoms with van der Waals surface area (Å²) in [5.41, 5.74) is 1.37. The summed E-state index contributed by atoms with van der Waals surface area (Å²) in [6.45, 7) is 1.28. The second kappa shape index (κ2) is 9.01. The Kier molecular flexibility index (Phi) is 5.78. The SMILES string of the molecule is COCCCn1c(SCc2nc(-c3ccc4c(c3)OCO4)no2)nc2ccccc2c1=O. The minimum atomic E-state index is -0.0687. The van der Waals surface area contributed by atoms with Gasteiger partial charge in [-0.05, 0) is 36.8 Å². The Morgan fingerprint density at radius 2 is 2.00 bits per heavy atom. The van der Waals surface area contributed by atoms with Crippen molar-refractivity contribution in [1.29, 1.82) is 0 Å². The van der Waals surface area contributed by atoms with E-state index in [2.05, 4.69) is 10.1 Å². The quantitative estimate of drug-likeness (QED) is 0.226. The van der Waals surface area contributed by atoms with Crippen LogP contribution in [0.4, 0.5) is 0 Å². The number of hydrogen-bond acceptors (Lipinski definition) is 9. The van der Waals surface area contributed by atoms with Crippen molar-refractivity contribution < 1.29 is 18.7 Å². The topological polar surface area (TPSA) is 102 Å². The molecule has 1 aliphatic heterocycles. The summed E-state index contributed by atoms with van der Waals surface area (Å²) >= 11 is 1.39. The average Bonchev–Trinajstić information content (AvgIpc) is 3.48. The van der Waals surface area contributed by atoms with E-state index in [1.807, 2.05) is 36.4 Å². The maximum atomic E-state index is 13.0. The Bertz CT molecular complexity index is 1320. The highest BCUT2D eigenvalue weighted by molar-refractivity contribution is 7.98. The van der Waals surface area contributed by atoms with Crippen LogP contribution in [0.25, 0.3) is 22.3 Å². The molecular formula is C22H20N4O5S. The highest BCUT2D eigenvalue weighted by Crippen LogP contribution is 2.35. The molecule has 0 unspecified atom stereocenters. The monoisotopic (exact) mass is 452 g/mol. The lowest BCUT2D eigenvalue weighted by Crippen LogP contribution is -2.24. The fourth-order valence-corrected chi connectivity index (χ4v) is 4.28. The van der Waals surface area contributed by atoms with Gasteiger partial charge < -0.3 is 18.7 Å². The highest BCUT2D eigenvalue weighted by Gasteiger charge is 2.18. The van der Waals surface area contributed by atoms with Crippen LogP contribution >= 0.6 is 11.8 Å². The molecule has 2 aromatic heterocycles. The number of para-hydroxylation sites is 1. The van der Waals surface area contributed by atoms with E-state index in [0.717, 1.165) is 5.56 Å². The summed E-state index contributed by atoms with van der Waals surface area (Å²) in [6, 6.07) is 12.8. The van der Waals surface area contributed by atoms with E-state index < -0.39 is 0 Å². The van der Waals surface area contributed by atoms with Gasteiger partial charge in [0.1, 0.15) is 0 Å². The summed E-state index contributed by atoms with van der Waals surface area (Å²) in [7, 11) is 1.64. The van der Waals surface area contributed by atoms with Gasteiger partial charge in [0.25, 0.3) is 5.56 Å². The minimum Gasteiger partial charge on any atom is -0.454 e.